The molecule has 1 atom stereocenters. The van der Waals surface area contributed by atoms with E-state index >= 15 is 0 Å². The summed E-state index contributed by atoms with van der Waals surface area (Å²) < 4.78 is 16.2. The van der Waals surface area contributed by atoms with Crippen LogP contribution in [0.3, 0.4) is 0 Å². The second kappa shape index (κ2) is 11.8. The highest BCUT2D eigenvalue weighted by atomic mass is 16.5. The molecule has 0 radical (unpaired) electrons. The molecule has 0 bridgehead atoms. The third-order valence-electron chi connectivity index (χ3n) is 4.73. The molecule has 0 aliphatic rings. The maximum atomic E-state index is 5.42. The van der Waals surface area contributed by atoms with E-state index in [1.165, 1.54) is 5.56 Å². The highest BCUT2D eigenvalue weighted by Crippen LogP contribution is 2.38. The van der Waals surface area contributed by atoms with Gasteiger partial charge in [-0.3, -0.25) is 0 Å². The molecule has 0 fully saturated rings. The zero-order valence-electron chi connectivity index (χ0n) is 18.1. The molecule has 2 N–H and O–H groups in total. The van der Waals surface area contributed by atoms with Crippen molar-refractivity contribution in [2.45, 2.75) is 32.7 Å². The Morgan fingerprint density at radius 1 is 0.966 bits per heavy atom. The van der Waals surface area contributed by atoms with Gasteiger partial charge in [0.25, 0.3) is 0 Å². The van der Waals surface area contributed by atoms with Crippen molar-refractivity contribution in [1.29, 1.82) is 0 Å². The Morgan fingerprint density at radius 3 is 2.17 bits per heavy atom. The summed E-state index contributed by atoms with van der Waals surface area (Å²) in [4.78, 5) is 4.70. The molecule has 0 saturated heterocycles. The van der Waals surface area contributed by atoms with E-state index in [0.717, 1.165) is 31.0 Å². The fourth-order valence-corrected chi connectivity index (χ4v) is 3.09. The van der Waals surface area contributed by atoms with Crippen molar-refractivity contribution in [3.63, 3.8) is 0 Å². The zero-order chi connectivity index (χ0) is 21.1. The van der Waals surface area contributed by atoms with Crippen molar-refractivity contribution in [3.8, 4) is 17.2 Å². The molecule has 6 heteroatoms. The first-order valence-corrected chi connectivity index (χ1v) is 9.98. The van der Waals surface area contributed by atoms with Crippen molar-refractivity contribution in [2.75, 3.05) is 34.4 Å². The SMILES string of the molecule is CCNC(=NCc1cc(OC)c(OC)c(OC)c1)NCCC(C)c1ccccc1. The maximum absolute atomic E-state index is 5.42. The van der Waals surface area contributed by atoms with Crippen molar-refractivity contribution in [2.24, 2.45) is 4.99 Å². The number of rotatable bonds is 10. The minimum Gasteiger partial charge on any atom is -0.493 e. The van der Waals surface area contributed by atoms with E-state index in [9.17, 15) is 0 Å². The third-order valence-corrected chi connectivity index (χ3v) is 4.73. The van der Waals surface area contributed by atoms with Gasteiger partial charge in [0.05, 0.1) is 27.9 Å². The average molecular weight is 400 g/mol. The lowest BCUT2D eigenvalue weighted by atomic mass is 9.98. The van der Waals surface area contributed by atoms with Crippen LogP contribution in [0.2, 0.25) is 0 Å². The average Bonchev–Trinajstić information content (AvgIpc) is 2.77. The molecule has 0 spiro atoms. The van der Waals surface area contributed by atoms with Crippen LogP contribution >= 0.6 is 0 Å². The molecule has 0 heterocycles. The number of methoxy groups -OCH3 is 3. The minimum atomic E-state index is 0.488. The van der Waals surface area contributed by atoms with Crippen molar-refractivity contribution in [3.05, 3.63) is 53.6 Å². The van der Waals surface area contributed by atoms with Crippen LogP contribution in [0.1, 0.15) is 37.3 Å². The predicted molar refractivity (Wildman–Crippen MR) is 118 cm³/mol. The van der Waals surface area contributed by atoms with Gasteiger partial charge in [-0.25, -0.2) is 4.99 Å². The van der Waals surface area contributed by atoms with E-state index in [1.54, 1.807) is 21.3 Å². The summed E-state index contributed by atoms with van der Waals surface area (Å²) in [5.74, 6) is 3.13. The van der Waals surface area contributed by atoms with Crippen molar-refractivity contribution in [1.82, 2.24) is 10.6 Å². The van der Waals surface area contributed by atoms with Crippen LogP contribution in [0.4, 0.5) is 0 Å². The van der Waals surface area contributed by atoms with Gasteiger partial charge in [0.1, 0.15) is 0 Å². The molecule has 29 heavy (non-hydrogen) atoms. The molecule has 0 aliphatic carbocycles. The van der Waals surface area contributed by atoms with Gasteiger partial charge in [-0.05, 0) is 42.5 Å². The van der Waals surface area contributed by atoms with Gasteiger partial charge in [0.15, 0.2) is 17.5 Å². The highest BCUT2D eigenvalue weighted by Gasteiger charge is 2.13. The van der Waals surface area contributed by atoms with Crippen LogP contribution in [0.15, 0.2) is 47.5 Å². The Kier molecular flexibility index (Phi) is 9.15. The monoisotopic (exact) mass is 399 g/mol. The van der Waals surface area contributed by atoms with Gasteiger partial charge < -0.3 is 24.8 Å². The van der Waals surface area contributed by atoms with Crippen molar-refractivity contribution < 1.29 is 14.2 Å². The summed E-state index contributed by atoms with van der Waals surface area (Å²) in [5.41, 5.74) is 2.34. The summed E-state index contributed by atoms with van der Waals surface area (Å²) >= 11 is 0. The van der Waals surface area contributed by atoms with Gasteiger partial charge in [-0.15, -0.1) is 0 Å². The first-order chi connectivity index (χ1) is 14.1. The largest absolute Gasteiger partial charge is 0.493 e. The van der Waals surface area contributed by atoms with Crippen molar-refractivity contribution >= 4 is 5.96 Å². The quantitative estimate of drug-likeness (QED) is 0.468. The molecular weight excluding hydrogens is 366 g/mol. The molecule has 0 amide bonds. The van der Waals surface area contributed by atoms with Gasteiger partial charge in [-0.1, -0.05) is 37.3 Å². The number of aliphatic imine (C=N–C) groups is 1. The smallest absolute Gasteiger partial charge is 0.203 e. The van der Waals surface area contributed by atoms with E-state index in [1.807, 2.05) is 18.2 Å². The Hall–Kier alpha value is -2.89. The lowest BCUT2D eigenvalue weighted by Gasteiger charge is -2.16. The van der Waals surface area contributed by atoms with Crippen LogP contribution in [0.25, 0.3) is 0 Å². The number of nitrogens with one attached hydrogen (secondary N) is 2. The summed E-state index contributed by atoms with van der Waals surface area (Å²) in [6, 6.07) is 14.4. The molecule has 158 valence electrons. The molecule has 2 aromatic carbocycles. The summed E-state index contributed by atoms with van der Waals surface area (Å²) in [6.07, 6.45) is 1.03. The topological polar surface area (TPSA) is 64.1 Å². The van der Waals surface area contributed by atoms with E-state index in [4.69, 9.17) is 19.2 Å². The van der Waals surface area contributed by atoms with Crippen LogP contribution in [0.5, 0.6) is 17.2 Å². The summed E-state index contributed by atoms with van der Waals surface area (Å²) in [7, 11) is 4.83. The lowest BCUT2D eigenvalue weighted by Crippen LogP contribution is -2.38. The predicted octanol–water partition coefficient (Wildman–Crippen LogP) is 3.96. The molecule has 2 rings (SSSR count). The Morgan fingerprint density at radius 2 is 1.62 bits per heavy atom. The first kappa shape index (κ1) is 22.4. The van der Waals surface area contributed by atoms with Crippen LogP contribution in [-0.4, -0.2) is 40.4 Å². The summed E-state index contributed by atoms with van der Waals surface area (Å²) in [6.45, 7) is 6.45. The third kappa shape index (κ3) is 6.59. The molecular formula is C23H33N3O3. The highest BCUT2D eigenvalue weighted by molar-refractivity contribution is 5.79. The normalized spacial score (nSPS) is 12.2. The van der Waals surface area contributed by atoms with Crippen LogP contribution in [0, 0.1) is 0 Å². The second-order valence-electron chi connectivity index (χ2n) is 6.76. The first-order valence-electron chi connectivity index (χ1n) is 9.98. The molecule has 2 aromatic rings. The van der Waals surface area contributed by atoms with Gasteiger partial charge in [0, 0.05) is 13.1 Å². The standard InChI is InChI=1S/C23H33N3O3/c1-6-24-23(25-13-12-17(2)19-10-8-7-9-11-19)26-16-18-14-20(27-3)22(29-5)21(15-18)28-4/h7-11,14-15,17H,6,12-13,16H2,1-5H3,(H2,24,25,26). The Bertz CT molecular complexity index is 753. The molecule has 0 saturated carbocycles. The lowest BCUT2D eigenvalue weighted by molar-refractivity contribution is 0.324. The molecule has 0 aliphatic heterocycles. The number of hydrogen-bond donors (Lipinski definition) is 2. The van der Waals surface area contributed by atoms with E-state index < -0.39 is 0 Å². The maximum Gasteiger partial charge on any atom is 0.203 e. The fraction of sp³-hybridized carbons (Fsp3) is 0.435. The minimum absolute atomic E-state index is 0.488. The van der Waals surface area contributed by atoms with Crippen LogP contribution in [-0.2, 0) is 6.54 Å². The Labute approximate surface area is 174 Å². The fourth-order valence-electron chi connectivity index (χ4n) is 3.09. The summed E-state index contributed by atoms with van der Waals surface area (Å²) in [5, 5.41) is 6.72. The van der Waals surface area contributed by atoms with Crippen LogP contribution < -0.4 is 24.8 Å². The van der Waals surface area contributed by atoms with E-state index in [2.05, 4.69) is 48.7 Å². The number of nitrogens with zero attached hydrogens (tertiary/aromatic N) is 1. The van der Waals surface area contributed by atoms with Gasteiger partial charge in [-0.2, -0.15) is 0 Å². The molecule has 6 nitrogen and oxygen atoms in total. The number of guanidine groups is 1. The number of benzene rings is 2. The van der Waals surface area contributed by atoms with Gasteiger partial charge >= 0.3 is 0 Å². The van der Waals surface area contributed by atoms with E-state index in [0.29, 0.717) is 29.7 Å². The Balaban J connectivity index is 2.01. The number of hydrogen-bond acceptors (Lipinski definition) is 4. The number of ether oxygens (including phenoxy) is 3. The molecule has 0 aromatic heterocycles. The zero-order valence-corrected chi connectivity index (χ0v) is 18.1. The van der Waals surface area contributed by atoms with Gasteiger partial charge in [0.2, 0.25) is 5.75 Å². The second-order valence-corrected chi connectivity index (χ2v) is 6.76. The van der Waals surface area contributed by atoms with E-state index in [-0.39, 0.29) is 0 Å². The molecule has 1 unspecified atom stereocenters.